The van der Waals surface area contributed by atoms with E-state index in [1.54, 1.807) is 30.5 Å². The van der Waals surface area contributed by atoms with Gasteiger partial charge >= 0.3 is 5.97 Å². The second kappa shape index (κ2) is 5.13. The van der Waals surface area contributed by atoms with E-state index in [1.165, 1.54) is 0 Å². The fraction of sp³-hybridized carbons (Fsp3) is 0. The molecule has 0 aliphatic carbocycles. The predicted molar refractivity (Wildman–Crippen MR) is 82.8 cm³/mol. The van der Waals surface area contributed by atoms with Crippen LogP contribution in [0.5, 0.6) is 0 Å². The van der Waals surface area contributed by atoms with Crippen LogP contribution in [-0.2, 0) is 0 Å². The summed E-state index contributed by atoms with van der Waals surface area (Å²) in [4.78, 5) is 15.3. The van der Waals surface area contributed by atoms with Crippen LogP contribution in [0.4, 0.5) is 17.2 Å². The highest BCUT2D eigenvalue weighted by Gasteiger charge is 2.08. The zero-order valence-electron chi connectivity index (χ0n) is 11.1. The molecule has 0 radical (unpaired) electrons. The lowest BCUT2D eigenvalue weighted by atomic mass is 10.1. The molecule has 0 aliphatic rings. The summed E-state index contributed by atoms with van der Waals surface area (Å²) in [5.41, 5.74) is 7.50. The summed E-state index contributed by atoms with van der Waals surface area (Å²) in [6.07, 6.45) is 1.69. The van der Waals surface area contributed by atoms with E-state index in [1.807, 2.05) is 24.3 Å². The number of carboxylic acid groups (broad SMARTS) is 1. The summed E-state index contributed by atoms with van der Waals surface area (Å²) in [7, 11) is 0. The van der Waals surface area contributed by atoms with E-state index in [0.29, 0.717) is 17.2 Å². The molecule has 0 aliphatic heterocycles. The van der Waals surface area contributed by atoms with Crippen LogP contribution >= 0.6 is 0 Å². The van der Waals surface area contributed by atoms with E-state index in [2.05, 4.69) is 10.3 Å². The van der Waals surface area contributed by atoms with E-state index in [0.717, 1.165) is 10.8 Å². The van der Waals surface area contributed by atoms with Crippen LogP contribution in [0.1, 0.15) is 10.4 Å². The maximum absolute atomic E-state index is 11.0. The van der Waals surface area contributed by atoms with Gasteiger partial charge in [-0.3, -0.25) is 0 Å². The lowest BCUT2D eigenvalue weighted by molar-refractivity contribution is 0.0697. The molecule has 4 N–H and O–H groups in total. The molecule has 0 amide bonds. The standard InChI is InChI=1S/C16H13N3O2/c17-13-6-2-3-10-7-8-18-15(14(10)13)19-12-5-1-4-11(9-12)16(20)21/h1-9H,17H2,(H,18,19)(H,20,21). The highest BCUT2D eigenvalue weighted by molar-refractivity contribution is 6.01. The van der Waals surface area contributed by atoms with Crippen molar-refractivity contribution in [3.05, 3.63) is 60.3 Å². The van der Waals surface area contributed by atoms with E-state index in [4.69, 9.17) is 10.8 Å². The lowest BCUT2D eigenvalue weighted by Gasteiger charge is -2.11. The monoisotopic (exact) mass is 279 g/mol. The van der Waals surface area contributed by atoms with Gasteiger partial charge in [-0.2, -0.15) is 0 Å². The van der Waals surface area contributed by atoms with Crippen LogP contribution in [0.3, 0.4) is 0 Å². The molecule has 3 aromatic rings. The molecule has 1 heterocycles. The van der Waals surface area contributed by atoms with Gasteiger partial charge in [0.15, 0.2) is 0 Å². The average Bonchev–Trinajstić information content (AvgIpc) is 2.48. The van der Waals surface area contributed by atoms with Crippen molar-refractivity contribution in [1.82, 2.24) is 4.98 Å². The van der Waals surface area contributed by atoms with Gasteiger partial charge < -0.3 is 16.2 Å². The largest absolute Gasteiger partial charge is 0.478 e. The normalized spacial score (nSPS) is 10.5. The maximum atomic E-state index is 11.0. The number of nitrogens with zero attached hydrogens (tertiary/aromatic N) is 1. The first kappa shape index (κ1) is 12.9. The molecule has 0 atom stereocenters. The summed E-state index contributed by atoms with van der Waals surface area (Å²) in [6.45, 7) is 0. The Balaban J connectivity index is 2.06. The fourth-order valence-electron chi connectivity index (χ4n) is 2.22. The van der Waals surface area contributed by atoms with Crippen LogP contribution in [0.15, 0.2) is 54.7 Å². The molecule has 3 rings (SSSR count). The van der Waals surface area contributed by atoms with E-state index in [-0.39, 0.29) is 5.56 Å². The Bertz CT molecular complexity index is 825. The number of aromatic carboxylic acids is 1. The van der Waals surface area contributed by atoms with Gasteiger partial charge in [0.25, 0.3) is 0 Å². The van der Waals surface area contributed by atoms with Crippen molar-refractivity contribution in [1.29, 1.82) is 0 Å². The third kappa shape index (κ3) is 2.49. The number of hydrogen-bond acceptors (Lipinski definition) is 4. The zero-order chi connectivity index (χ0) is 14.8. The van der Waals surface area contributed by atoms with Gasteiger partial charge in [-0.15, -0.1) is 0 Å². The van der Waals surface area contributed by atoms with Crippen molar-refractivity contribution in [2.75, 3.05) is 11.1 Å². The third-order valence-electron chi connectivity index (χ3n) is 3.20. The van der Waals surface area contributed by atoms with Crippen molar-refractivity contribution >= 4 is 33.9 Å². The minimum atomic E-state index is -0.968. The molecule has 1 aromatic heterocycles. The molecule has 2 aromatic carbocycles. The highest BCUT2D eigenvalue weighted by atomic mass is 16.4. The third-order valence-corrected chi connectivity index (χ3v) is 3.20. The molecule has 0 fully saturated rings. The van der Waals surface area contributed by atoms with Crippen LogP contribution in [0.25, 0.3) is 10.8 Å². The number of hydrogen-bond donors (Lipinski definition) is 3. The molecule has 0 saturated heterocycles. The van der Waals surface area contributed by atoms with Crippen LogP contribution < -0.4 is 11.1 Å². The Morgan fingerprint density at radius 3 is 2.76 bits per heavy atom. The Labute approximate surface area is 121 Å². The number of carboxylic acids is 1. The molecule has 5 heteroatoms. The Hall–Kier alpha value is -3.08. The van der Waals surface area contributed by atoms with E-state index in [9.17, 15) is 4.79 Å². The van der Waals surface area contributed by atoms with Crippen molar-refractivity contribution in [2.24, 2.45) is 0 Å². The number of pyridine rings is 1. The molecule has 21 heavy (non-hydrogen) atoms. The van der Waals surface area contributed by atoms with Crippen molar-refractivity contribution in [2.45, 2.75) is 0 Å². The first-order valence-electron chi connectivity index (χ1n) is 6.39. The van der Waals surface area contributed by atoms with Gasteiger partial charge in [0.1, 0.15) is 5.82 Å². The number of benzene rings is 2. The van der Waals surface area contributed by atoms with Gasteiger partial charge in [-0.25, -0.2) is 9.78 Å². The number of aromatic nitrogens is 1. The minimum absolute atomic E-state index is 0.216. The number of nitrogens with one attached hydrogen (secondary N) is 1. The smallest absolute Gasteiger partial charge is 0.335 e. The lowest BCUT2D eigenvalue weighted by Crippen LogP contribution is -2.00. The van der Waals surface area contributed by atoms with Crippen LogP contribution in [0.2, 0.25) is 0 Å². The summed E-state index contributed by atoms with van der Waals surface area (Å²) >= 11 is 0. The van der Waals surface area contributed by atoms with Crippen molar-refractivity contribution in [3.63, 3.8) is 0 Å². The molecule has 5 nitrogen and oxygen atoms in total. The van der Waals surface area contributed by atoms with Crippen LogP contribution in [-0.4, -0.2) is 16.1 Å². The van der Waals surface area contributed by atoms with Gasteiger partial charge in [-0.1, -0.05) is 18.2 Å². The average molecular weight is 279 g/mol. The maximum Gasteiger partial charge on any atom is 0.335 e. The quantitative estimate of drug-likeness (QED) is 0.640. The summed E-state index contributed by atoms with van der Waals surface area (Å²) in [5.74, 6) is -0.364. The summed E-state index contributed by atoms with van der Waals surface area (Å²) in [6, 6.07) is 14.1. The zero-order valence-corrected chi connectivity index (χ0v) is 11.1. The summed E-state index contributed by atoms with van der Waals surface area (Å²) < 4.78 is 0. The predicted octanol–water partition coefficient (Wildman–Crippen LogP) is 3.26. The molecule has 0 bridgehead atoms. The second-order valence-corrected chi connectivity index (χ2v) is 4.62. The second-order valence-electron chi connectivity index (χ2n) is 4.62. The first-order valence-corrected chi connectivity index (χ1v) is 6.39. The topological polar surface area (TPSA) is 88.2 Å². The Kier molecular flexibility index (Phi) is 3.16. The summed E-state index contributed by atoms with van der Waals surface area (Å²) in [5, 5.41) is 14.0. The molecule has 0 saturated carbocycles. The Morgan fingerprint density at radius 2 is 1.95 bits per heavy atom. The highest BCUT2D eigenvalue weighted by Crippen LogP contribution is 2.29. The minimum Gasteiger partial charge on any atom is -0.478 e. The van der Waals surface area contributed by atoms with Gasteiger partial charge in [0.05, 0.1) is 5.56 Å². The van der Waals surface area contributed by atoms with Crippen LogP contribution in [0, 0.1) is 0 Å². The number of anilines is 3. The van der Waals surface area contributed by atoms with Gasteiger partial charge in [-0.05, 0) is 35.7 Å². The first-order chi connectivity index (χ1) is 10.1. The molecule has 0 unspecified atom stereocenters. The van der Waals surface area contributed by atoms with Gasteiger partial charge in [0, 0.05) is 23.0 Å². The fourth-order valence-corrected chi connectivity index (χ4v) is 2.22. The Morgan fingerprint density at radius 1 is 1.14 bits per heavy atom. The number of fused-ring (bicyclic) bond motifs is 1. The molecule has 104 valence electrons. The van der Waals surface area contributed by atoms with Gasteiger partial charge in [0.2, 0.25) is 0 Å². The van der Waals surface area contributed by atoms with E-state index >= 15 is 0 Å². The molecule has 0 spiro atoms. The molecular formula is C16H13N3O2. The van der Waals surface area contributed by atoms with E-state index < -0.39 is 5.97 Å². The van der Waals surface area contributed by atoms with Crippen molar-refractivity contribution in [3.8, 4) is 0 Å². The number of nitrogens with two attached hydrogens (primary N) is 1. The van der Waals surface area contributed by atoms with Crippen molar-refractivity contribution < 1.29 is 9.90 Å². The molecular weight excluding hydrogens is 266 g/mol. The number of carbonyl (C=O) groups is 1. The SMILES string of the molecule is Nc1cccc2ccnc(Nc3cccc(C(=O)O)c3)c12. The number of nitrogen functional groups attached to an aromatic ring is 1. The number of rotatable bonds is 3.